The van der Waals surface area contributed by atoms with E-state index < -0.39 is 0 Å². The number of hydrogen-bond acceptors (Lipinski definition) is 2. The first-order valence-electron chi connectivity index (χ1n) is 5.51. The van der Waals surface area contributed by atoms with E-state index in [4.69, 9.17) is 11.6 Å². The smallest absolute Gasteiger partial charge is 0.0752 e. The Morgan fingerprint density at radius 3 is 2.94 bits per heavy atom. The third kappa shape index (κ3) is 2.12. The van der Waals surface area contributed by atoms with Gasteiger partial charge in [-0.2, -0.15) is 0 Å². The van der Waals surface area contributed by atoms with Crippen LogP contribution in [0, 0.1) is 6.92 Å². The highest BCUT2D eigenvalue weighted by Gasteiger charge is 2.05. The van der Waals surface area contributed by atoms with Gasteiger partial charge in [-0.05, 0) is 37.1 Å². The first kappa shape index (κ1) is 11.2. The zero-order valence-electron chi connectivity index (χ0n) is 9.55. The lowest BCUT2D eigenvalue weighted by molar-refractivity contribution is 0.981. The Balaban J connectivity index is 2.57. The summed E-state index contributed by atoms with van der Waals surface area (Å²) in [5.41, 5.74) is 3.24. The minimum Gasteiger partial charge on any atom is -0.384 e. The van der Waals surface area contributed by atoms with E-state index in [9.17, 15) is 0 Å². The molecule has 1 N–H and O–H groups in total. The number of nitrogens with one attached hydrogen (secondary N) is 1. The SMILES string of the molecule is CCCNc1ccnc2c(C)cc(Cl)cc12. The first-order chi connectivity index (χ1) is 7.72. The molecule has 0 radical (unpaired) electrons. The number of aromatic nitrogens is 1. The summed E-state index contributed by atoms with van der Waals surface area (Å²) in [7, 11) is 0. The van der Waals surface area contributed by atoms with Gasteiger partial charge in [0.25, 0.3) is 0 Å². The quantitative estimate of drug-likeness (QED) is 0.868. The standard InChI is InChI=1S/C13H15ClN2/c1-3-5-15-12-4-6-16-13-9(2)7-10(14)8-11(12)13/h4,6-8H,3,5H2,1-2H3,(H,15,16). The largest absolute Gasteiger partial charge is 0.384 e. The molecule has 0 aliphatic rings. The highest BCUT2D eigenvalue weighted by Crippen LogP contribution is 2.27. The average molecular weight is 235 g/mol. The molecule has 0 saturated heterocycles. The van der Waals surface area contributed by atoms with E-state index in [1.807, 2.05) is 31.3 Å². The van der Waals surface area contributed by atoms with Gasteiger partial charge in [-0.1, -0.05) is 18.5 Å². The number of rotatable bonds is 3. The van der Waals surface area contributed by atoms with Crippen molar-refractivity contribution in [3.05, 3.63) is 35.0 Å². The predicted octanol–water partition coefficient (Wildman–Crippen LogP) is 4.02. The zero-order chi connectivity index (χ0) is 11.5. The normalized spacial score (nSPS) is 10.7. The summed E-state index contributed by atoms with van der Waals surface area (Å²) in [6.45, 7) is 5.14. The van der Waals surface area contributed by atoms with Crippen molar-refractivity contribution in [1.29, 1.82) is 0 Å². The monoisotopic (exact) mass is 234 g/mol. The highest BCUT2D eigenvalue weighted by molar-refractivity contribution is 6.31. The van der Waals surface area contributed by atoms with Crippen molar-refractivity contribution < 1.29 is 0 Å². The predicted molar refractivity (Wildman–Crippen MR) is 70.3 cm³/mol. The lowest BCUT2D eigenvalue weighted by atomic mass is 10.1. The van der Waals surface area contributed by atoms with Gasteiger partial charge in [0.05, 0.1) is 5.52 Å². The second kappa shape index (κ2) is 4.71. The summed E-state index contributed by atoms with van der Waals surface area (Å²) in [5.74, 6) is 0. The molecule has 0 saturated carbocycles. The fraction of sp³-hybridized carbons (Fsp3) is 0.308. The number of aryl methyl sites for hydroxylation is 1. The summed E-state index contributed by atoms with van der Waals surface area (Å²) in [6, 6.07) is 5.91. The van der Waals surface area contributed by atoms with Crippen LogP contribution in [0.4, 0.5) is 5.69 Å². The van der Waals surface area contributed by atoms with E-state index in [1.165, 1.54) is 0 Å². The van der Waals surface area contributed by atoms with Crippen LogP contribution in [0.3, 0.4) is 0 Å². The number of benzene rings is 1. The van der Waals surface area contributed by atoms with Gasteiger partial charge in [-0.3, -0.25) is 4.98 Å². The number of pyridine rings is 1. The third-order valence-electron chi connectivity index (χ3n) is 2.57. The maximum atomic E-state index is 6.07. The third-order valence-corrected chi connectivity index (χ3v) is 2.78. The van der Waals surface area contributed by atoms with Crippen LogP contribution in [0.25, 0.3) is 10.9 Å². The molecule has 0 aliphatic carbocycles. The molecular weight excluding hydrogens is 220 g/mol. The maximum absolute atomic E-state index is 6.07. The Morgan fingerprint density at radius 2 is 2.19 bits per heavy atom. The molecule has 0 spiro atoms. The van der Waals surface area contributed by atoms with Crippen LogP contribution in [0.1, 0.15) is 18.9 Å². The Bertz CT molecular complexity index is 509. The van der Waals surface area contributed by atoms with Gasteiger partial charge in [0, 0.05) is 28.8 Å². The minimum atomic E-state index is 0.762. The molecule has 2 rings (SSSR count). The van der Waals surface area contributed by atoms with Crippen molar-refractivity contribution in [3.63, 3.8) is 0 Å². The molecule has 2 nitrogen and oxygen atoms in total. The van der Waals surface area contributed by atoms with Crippen molar-refractivity contribution in [2.45, 2.75) is 20.3 Å². The number of fused-ring (bicyclic) bond motifs is 1. The molecule has 0 aliphatic heterocycles. The molecule has 84 valence electrons. The van der Waals surface area contributed by atoms with E-state index in [0.717, 1.165) is 40.1 Å². The lowest BCUT2D eigenvalue weighted by Crippen LogP contribution is -2.00. The van der Waals surface area contributed by atoms with Gasteiger partial charge in [0.15, 0.2) is 0 Å². The van der Waals surface area contributed by atoms with Crippen LogP contribution in [-0.4, -0.2) is 11.5 Å². The van der Waals surface area contributed by atoms with E-state index in [2.05, 4.69) is 17.2 Å². The van der Waals surface area contributed by atoms with Crippen molar-refractivity contribution in [3.8, 4) is 0 Å². The van der Waals surface area contributed by atoms with Gasteiger partial charge in [-0.15, -0.1) is 0 Å². The van der Waals surface area contributed by atoms with Crippen LogP contribution in [0.2, 0.25) is 5.02 Å². The highest BCUT2D eigenvalue weighted by atomic mass is 35.5. The molecule has 0 atom stereocenters. The van der Waals surface area contributed by atoms with E-state index in [0.29, 0.717) is 0 Å². The maximum Gasteiger partial charge on any atom is 0.0752 e. The number of anilines is 1. The zero-order valence-corrected chi connectivity index (χ0v) is 10.3. The first-order valence-corrected chi connectivity index (χ1v) is 5.89. The van der Waals surface area contributed by atoms with Crippen molar-refractivity contribution in [1.82, 2.24) is 4.98 Å². The fourth-order valence-electron chi connectivity index (χ4n) is 1.80. The van der Waals surface area contributed by atoms with Gasteiger partial charge in [-0.25, -0.2) is 0 Å². The molecule has 0 amide bonds. The van der Waals surface area contributed by atoms with Crippen molar-refractivity contribution >= 4 is 28.2 Å². The molecule has 3 heteroatoms. The molecule has 2 aromatic rings. The average Bonchev–Trinajstić information content (AvgIpc) is 2.26. The molecule has 1 heterocycles. The Kier molecular flexibility index (Phi) is 3.30. The Labute approximate surface area is 101 Å². The van der Waals surface area contributed by atoms with Crippen molar-refractivity contribution in [2.24, 2.45) is 0 Å². The Hall–Kier alpha value is -1.28. The second-order valence-corrected chi connectivity index (χ2v) is 4.34. The van der Waals surface area contributed by atoms with Crippen LogP contribution in [-0.2, 0) is 0 Å². The molecule has 0 fully saturated rings. The number of nitrogens with zero attached hydrogens (tertiary/aromatic N) is 1. The van der Waals surface area contributed by atoms with Crippen molar-refractivity contribution in [2.75, 3.05) is 11.9 Å². The van der Waals surface area contributed by atoms with Gasteiger partial charge in [0.2, 0.25) is 0 Å². The minimum absolute atomic E-state index is 0.762. The summed E-state index contributed by atoms with van der Waals surface area (Å²) in [4.78, 5) is 4.39. The summed E-state index contributed by atoms with van der Waals surface area (Å²) < 4.78 is 0. The summed E-state index contributed by atoms with van der Waals surface area (Å²) in [5, 5.41) is 5.25. The van der Waals surface area contributed by atoms with Crippen LogP contribution in [0.5, 0.6) is 0 Å². The molecule has 0 bridgehead atoms. The fourth-order valence-corrected chi connectivity index (χ4v) is 2.07. The molecule has 0 unspecified atom stereocenters. The molecule has 1 aromatic carbocycles. The van der Waals surface area contributed by atoms with Gasteiger partial charge < -0.3 is 5.32 Å². The number of hydrogen-bond donors (Lipinski definition) is 1. The van der Waals surface area contributed by atoms with Crippen LogP contribution in [0.15, 0.2) is 24.4 Å². The summed E-state index contributed by atoms with van der Waals surface area (Å²) >= 11 is 6.07. The summed E-state index contributed by atoms with van der Waals surface area (Å²) in [6.07, 6.45) is 2.94. The molecule has 16 heavy (non-hydrogen) atoms. The lowest BCUT2D eigenvalue weighted by Gasteiger charge is -2.10. The van der Waals surface area contributed by atoms with E-state index in [-0.39, 0.29) is 0 Å². The van der Waals surface area contributed by atoms with Crippen LogP contribution >= 0.6 is 11.6 Å². The van der Waals surface area contributed by atoms with E-state index >= 15 is 0 Å². The molecule has 1 aromatic heterocycles. The van der Waals surface area contributed by atoms with Crippen LogP contribution < -0.4 is 5.32 Å². The topological polar surface area (TPSA) is 24.9 Å². The van der Waals surface area contributed by atoms with Gasteiger partial charge >= 0.3 is 0 Å². The van der Waals surface area contributed by atoms with Gasteiger partial charge in [0.1, 0.15) is 0 Å². The van der Waals surface area contributed by atoms with E-state index in [1.54, 1.807) is 0 Å². The Morgan fingerprint density at radius 1 is 1.38 bits per heavy atom. The number of halogens is 1. The second-order valence-electron chi connectivity index (χ2n) is 3.90. The molecular formula is C13H15ClN2.